The number of rotatable bonds is 4. The van der Waals surface area contributed by atoms with Gasteiger partial charge in [-0.3, -0.25) is 0 Å². The molecule has 2 rings (SSSR count). The van der Waals surface area contributed by atoms with E-state index in [1.165, 1.54) is 35.7 Å². The Morgan fingerprint density at radius 3 is 2.60 bits per heavy atom. The van der Waals surface area contributed by atoms with E-state index in [0.29, 0.717) is 10.4 Å². The van der Waals surface area contributed by atoms with E-state index >= 15 is 0 Å². The average molecular weight is 311 g/mol. The molecule has 0 spiro atoms. The van der Waals surface area contributed by atoms with Gasteiger partial charge in [-0.15, -0.1) is 11.3 Å². The number of aromatic nitrogens is 1. The summed E-state index contributed by atoms with van der Waals surface area (Å²) < 4.78 is 24.6. The van der Waals surface area contributed by atoms with E-state index in [-0.39, 0.29) is 16.2 Å². The van der Waals surface area contributed by atoms with Gasteiger partial charge in [0.2, 0.25) is 0 Å². The van der Waals surface area contributed by atoms with E-state index in [9.17, 15) is 13.2 Å². The van der Waals surface area contributed by atoms with E-state index in [0.717, 1.165) is 5.01 Å². The lowest BCUT2D eigenvalue weighted by Crippen LogP contribution is -2.07. The minimum atomic E-state index is -3.57. The van der Waals surface area contributed by atoms with Crippen molar-refractivity contribution < 1.29 is 18.3 Å². The predicted octanol–water partition coefficient (Wildman–Crippen LogP) is 2.43. The fraction of sp³-hybridized carbons (Fsp3) is 0.231. The molecule has 1 aromatic heterocycles. The van der Waals surface area contributed by atoms with Crippen LogP contribution in [0.2, 0.25) is 0 Å². The second kappa shape index (κ2) is 5.34. The Hall–Kier alpha value is -1.73. The second-order valence-corrected chi connectivity index (χ2v) is 7.70. The zero-order valence-electron chi connectivity index (χ0n) is 11.0. The van der Waals surface area contributed by atoms with Crippen LogP contribution >= 0.6 is 11.3 Å². The Bertz CT molecular complexity index is 762. The van der Waals surface area contributed by atoms with Gasteiger partial charge in [0.1, 0.15) is 0 Å². The highest BCUT2D eigenvalue weighted by Crippen LogP contribution is 2.22. The van der Waals surface area contributed by atoms with Crippen molar-refractivity contribution in [3.8, 4) is 0 Å². The summed E-state index contributed by atoms with van der Waals surface area (Å²) in [6.45, 7) is 3.43. The number of aromatic carboxylic acids is 1. The summed E-state index contributed by atoms with van der Waals surface area (Å²) in [7, 11) is -3.57. The lowest BCUT2D eigenvalue weighted by atomic mass is 10.1. The molecule has 1 aromatic carbocycles. The van der Waals surface area contributed by atoms with Crippen LogP contribution in [-0.4, -0.2) is 24.5 Å². The molecular formula is C13H13NO4S2. The molecule has 0 amide bonds. The molecular weight excluding hydrogens is 298 g/mol. The van der Waals surface area contributed by atoms with Crippen LogP contribution in [0, 0.1) is 13.8 Å². The molecule has 0 unspecified atom stereocenters. The first-order valence-corrected chi connectivity index (χ1v) is 8.24. The summed E-state index contributed by atoms with van der Waals surface area (Å²) in [5.41, 5.74) is 0.539. The van der Waals surface area contributed by atoms with Gasteiger partial charge in [-0.05, 0) is 31.5 Å². The van der Waals surface area contributed by atoms with E-state index in [1.54, 1.807) is 13.8 Å². The number of carboxylic acid groups (broad SMARTS) is 1. The second-order valence-electron chi connectivity index (χ2n) is 4.39. The maximum absolute atomic E-state index is 12.3. The molecule has 0 aliphatic carbocycles. The van der Waals surface area contributed by atoms with Crippen molar-refractivity contribution in [2.45, 2.75) is 24.5 Å². The monoisotopic (exact) mass is 311 g/mol. The third-order valence-electron chi connectivity index (χ3n) is 2.80. The minimum Gasteiger partial charge on any atom is -0.478 e. The smallest absolute Gasteiger partial charge is 0.335 e. The number of sulfone groups is 1. The van der Waals surface area contributed by atoms with Crippen molar-refractivity contribution in [3.63, 3.8) is 0 Å². The maximum Gasteiger partial charge on any atom is 0.335 e. The Morgan fingerprint density at radius 2 is 2.05 bits per heavy atom. The first-order valence-electron chi connectivity index (χ1n) is 5.77. The average Bonchev–Trinajstić information content (AvgIpc) is 2.73. The van der Waals surface area contributed by atoms with Crippen LogP contribution in [0.25, 0.3) is 0 Å². The molecule has 0 atom stereocenters. The quantitative estimate of drug-likeness (QED) is 0.937. The van der Waals surface area contributed by atoms with E-state index in [4.69, 9.17) is 5.11 Å². The Labute approximate surface area is 120 Å². The molecule has 0 radical (unpaired) electrons. The van der Waals surface area contributed by atoms with Crippen molar-refractivity contribution in [2.24, 2.45) is 0 Å². The number of thiazole rings is 1. The number of hydrogen-bond acceptors (Lipinski definition) is 5. The van der Waals surface area contributed by atoms with Gasteiger partial charge in [-0.2, -0.15) is 0 Å². The molecule has 0 bridgehead atoms. The minimum absolute atomic E-state index is 0.00607. The lowest BCUT2D eigenvalue weighted by molar-refractivity contribution is 0.0696. The number of nitrogens with zero attached hydrogens (tertiary/aromatic N) is 1. The zero-order chi connectivity index (χ0) is 14.9. The Morgan fingerprint density at radius 1 is 1.35 bits per heavy atom. The summed E-state index contributed by atoms with van der Waals surface area (Å²) in [5, 5.41) is 9.84. The SMILES string of the molecule is Cc1ncc(CS(=O)(=O)c2ccc(C)c(C(=O)O)c2)s1. The van der Waals surface area contributed by atoms with Gasteiger partial charge in [0, 0.05) is 11.1 Å². The highest BCUT2D eigenvalue weighted by molar-refractivity contribution is 7.90. The molecule has 0 saturated heterocycles. The molecule has 0 saturated carbocycles. The third kappa shape index (κ3) is 3.05. The first-order chi connectivity index (χ1) is 9.29. The maximum atomic E-state index is 12.3. The molecule has 106 valence electrons. The van der Waals surface area contributed by atoms with E-state index in [1.807, 2.05) is 0 Å². The Kier molecular flexibility index (Phi) is 3.92. The van der Waals surface area contributed by atoms with Crippen LogP contribution in [0.5, 0.6) is 0 Å². The van der Waals surface area contributed by atoms with E-state index < -0.39 is 15.8 Å². The summed E-state index contributed by atoms with van der Waals surface area (Å²) in [4.78, 5) is 15.7. The number of carbonyl (C=O) groups is 1. The highest BCUT2D eigenvalue weighted by Gasteiger charge is 2.19. The largest absolute Gasteiger partial charge is 0.478 e. The van der Waals surface area contributed by atoms with Crippen molar-refractivity contribution in [3.05, 3.63) is 45.4 Å². The van der Waals surface area contributed by atoms with Gasteiger partial charge in [-0.1, -0.05) is 6.07 Å². The predicted molar refractivity (Wildman–Crippen MR) is 75.9 cm³/mol. The van der Waals surface area contributed by atoms with Gasteiger partial charge in [0.05, 0.1) is 21.2 Å². The fourth-order valence-electron chi connectivity index (χ4n) is 1.77. The van der Waals surface area contributed by atoms with E-state index in [2.05, 4.69) is 4.98 Å². The standard InChI is InChI=1S/C13H13NO4S2/c1-8-3-4-11(5-12(8)13(15)16)20(17,18)7-10-6-14-9(2)19-10/h3-6H,7H2,1-2H3,(H,15,16). The number of aryl methyl sites for hydroxylation is 2. The van der Waals surface area contributed by atoms with Crippen LogP contribution < -0.4 is 0 Å². The van der Waals surface area contributed by atoms with Crippen molar-refractivity contribution in [1.82, 2.24) is 4.98 Å². The fourth-order valence-corrected chi connectivity index (χ4v) is 4.25. The van der Waals surface area contributed by atoms with Crippen molar-refractivity contribution in [1.29, 1.82) is 0 Å². The molecule has 7 heteroatoms. The molecule has 20 heavy (non-hydrogen) atoms. The molecule has 0 aliphatic rings. The lowest BCUT2D eigenvalue weighted by Gasteiger charge is -2.06. The molecule has 1 heterocycles. The third-order valence-corrected chi connectivity index (χ3v) is 5.56. The van der Waals surface area contributed by atoms with Crippen LogP contribution in [-0.2, 0) is 15.6 Å². The van der Waals surface area contributed by atoms with Gasteiger partial charge in [0.15, 0.2) is 9.84 Å². The van der Waals surface area contributed by atoms with Gasteiger partial charge >= 0.3 is 5.97 Å². The van der Waals surface area contributed by atoms with Gasteiger partial charge in [0.25, 0.3) is 0 Å². The Balaban J connectivity index is 2.39. The number of carboxylic acids is 1. The molecule has 5 nitrogen and oxygen atoms in total. The molecule has 2 aromatic rings. The van der Waals surface area contributed by atoms with Crippen LogP contribution in [0.15, 0.2) is 29.3 Å². The first kappa shape index (κ1) is 14.7. The highest BCUT2D eigenvalue weighted by atomic mass is 32.2. The van der Waals surface area contributed by atoms with Crippen LogP contribution in [0.4, 0.5) is 0 Å². The van der Waals surface area contributed by atoms with Crippen LogP contribution in [0.1, 0.15) is 25.8 Å². The van der Waals surface area contributed by atoms with Crippen molar-refractivity contribution in [2.75, 3.05) is 0 Å². The van der Waals surface area contributed by atoms with Crippen LogP contribution in [0.3, 0.4) is 0 Å². The summed E-state index contributed by atoms with van der Waals surface area (Å²) in [5.74, 6) is -1.30. The van der Waals surface area contributed by atoms with Gasteiger partial charge in [-0.25, -0.2) is 18.2 Å². The zero-order valence-corrected chi connectivity index (χ0v) is 12.6. The molecule has 0 fully saturated rings. The number of hydrogen-bond donors (Lipinski definition) is 1. The topological polar surface area (TPSA) is 84.3 Å². The molecule has 0 aliphatic heterocycles. The normalized spacial score (nSPS) is 11.5. The van der Waals surface area contributed by atoms with Gasteiger partial charge < -0.3 is 5.11 Å². The summed E-state index contributed by atoms with van der Waals surface area (Å²) >= 11 is 1.32. The van der Waals surface area contributed by atoms with Crippen molar-refractivity contribution >= 4 is 27.1 Å². The number of benzene rings is 1. The summed E-state index contributed by atoms with van der Waals surface area (Å²) in [6, 6.07) is 4.15. The summed E-state index contributed by atoms with van der Waals surface area (Å²) in [6.07, 6.45) is 1.53. The molecule has 1 N–H and O–H groups in total.